The van der Waals surface area contributed by atoms with Crippen molar-refractivity contribution in [1.29, 1.82) is 0 Å². The zero-order valence-corrected chi connectivity index (χ0v) is 13.0. The van der Waals surface area contributed by atoms with Gasteiger partial charge in [0.05, 0.1) is 5.75 Å². The average Bonchev–Trinajstić information content (AvgIpc) is 2.34. The maximum atomic E-state index is 11.3. The highest BCUT2D eigenvalue weighted by Gasteiger charge is 2.30. The second-order valence-corrected chi connectivity index (χ2v) is 7.85. The summed E-state index contributed by atoms with van der Waals surface area (Å²) in [6.45, 7) is 9.26. The molecule has 0 amide bonds. The number of hydrogen-bond acceptors (Lipinski definition) is 4. The maximum absolute atomic E-state index is 11.3. The predicted molar refractivity (Wildman–Crippen MR) is 76.6 cm³/mol. The van der Waals surface area contributed by atoms with Crippen LogP contribution in [0.2, 0.25) is 0 Å². The van der Waals surface area contributed by atoms with Crippen LogP contribution in [-0.2, 0) is 9.84 Å². The first-order chi connectivity index (χ1) is 8.37. The molecule has 1 heterocycles. The van der Waals surface area contributed by atoms with Gasteiger partial charge in [-0.1, -0.05) is 27.2 Å². The van der Waals surface area contributed by atoms with Crippen molar-refractivity contribution in [3.05, 3.63) is 0 Å². The van der Waals surface area contributed by atoms with E-state index in [-0.39, 0.29) is 5.75 Å². The first-order valence-corrected chi connectivity index (χ1v) is 9.08. The van der Waals surface area contributed by atoms with E-state index in [0.717, 1.165) is 25.9 Å². The molecule has 4 nitrogen and oxygen atoms in total. The lowest BCUT2D eigenvalue weighted by atomic mass is 9.94. The molecule has 0 aromatic heterocycles. The van der Waals surface area contributed by atoms with E-state index < -0.39 is 9.84 Å². The van der Waals surface area contributed by atoms with Crippen molar-refractivity contribution in [2.24, 2.45) is 5.92 Å². The summed E-state index contributed by atoms with van der Waals surface area (Å²) in [5.74, 6) is 0.881. The van der Waals surface area contributed by atoms with Crippen LogP contribution < -0.4 is 5.32 Å². The van der Waals surface area contributed by atoms with E-state index in [1.54, 1.807) is 0 Å². The van der Waals surface area contributed by atoms with E-state index in [2.05, 4.69) is 31.0 Å². The van der Waals surface area contributed by atoms with Crippen molar-refractivity contribution < 1.29 is 8.42 Å². The van der Waals surface area contributed by atoms with Crippen LogP contribution in [0, 0.1) is 5.92 Å². The minimum Gasteiger partial charge on any atom is -0.311 e. The summed E-state index contributed by atoms with van der Waals surface area (Å²) in [4.78, 5) is 2.37. The average molecular weight is 276 g/mol. The Morgan fingerprint density at radius 1 is 1.39 bits per heavy atom. The van der Waals surface area contributed by atoms with Gasteiger partial charge in [-0.3, -0.25) is 4.90 Å². The molecule has 0 bridgehead atoms. The lowest BCUT2D eigenvalue weighted by Gasteiger charge is -2.43. The molecule has 18 heavy (non-hydrogen) atoms. The molecule has 1 aliphatic heterocycles. The highest BCUT2D eigenvalue weighted by atomic mass is 32.2. The highest BCUT2D eigenvalue weighted by Crippen LogP contribution is 2.18. The summed E-state index contributed by atoms with van der Waals surface area (Å²) >= 11 is 0. The van der Waals surface area contributed by atoms with Gasteiger partial charge in [0.15, 0.2) is 0 Å². The number of piperazine rings is 1. The topological polar surface area (TPSA) is 49.4 Å². The molecule has 1 rings (SSSR count). The number of rotatable bonds is 6. The van der Waals surface area contributed by atoms with E-state index in [0.29, 0.717) is 24.5 Å². The van der Waals surface area contributed by atoms with Crippen molar-refractivity contribution >= 4 is 9.84 Å². The number of nitrogens with zero attached hydrogens (tertiary/aromatic N) is 1. The zero-order valence-electron chi connectivity index (χ0n) is 12.1. The highest BCUT2D eigenvalue weighted by molar-refractivity contribution is 7.90. The fraction of sp³-hybridized carbons (Fsp3) is 1.00. The molecule has 0 spiro atoms. The van der Waals surface area contributed by atoms with Crippen LogP contribution in [0.4, 0.5) is 0 Å². The Kier molecular flexibility index (Phi) is 6.08. The third-order valence-corrected chi connectivity index (χ3v) is 5.01. The van der Waals surface area contributed by atoms with Crippen LogP contribution >= 0.6 is 0 Å². The minimum atomic E-state index is -2.87. The largest absolute Gasteiger partial charge is 0.311 e. The van der Waals surface area contributed by atoms with Gasteiger partial charge >= 0.3 is 0 Å². The second-order valence-electron chi connectivity index (χ2n) is 5.59. The van der Waals surface area contributed by atoms with Gasteiger partial charge in [-0.2, -0.15) is 0 Å². The molecule has 108 valence electrons. The molecular weight excluding hydrogens is 248 g/mol. The van der Waals surface area contributed by atoms with Crippen LogP contribution in [0.25, 0.3) is 0 Å². The lowest BCUT2D eigenvalue weighted by Crippen LogP contribution is -2.59. The van der Waals surface area contributed by atoms with Crippen LogP contribution in [0.1, 0.15) is 33.6 Å². The lowest BCUT2D eigenvalue weighted by molar-refractivity contribution is 0.0968. The molecule has 0 radical (unpaired) electrons. The van der Waals surface area contributed by atoms with Gasteiger partial charge in [-0.05, 0) is 12.3 Å². The van der Waals surface area contributed by atoms with Crippen molar-refractivity contribution in [1.82, 2.24) is 10.2 Å². The molecule has 5 heteroatoms. The molecule has 1 fully saturated rings. The molecule has 0 aromatic carbocycles. The SMILES string of the molecule is CCC1CN(CCS(C)(=O)=O)C(C(C)CC)CN1. The Labute approximate surface area is 112 Å². The molecule has 3 atom stereocenters. The summed E-state index contributed by atoms with van der Waals surface area (Å²) in [7, 11) is -2.87. The summed E-state index contributed by atoms with van der Waals surface area (Å²) in [6, 6.07) is 0.976. The van der Waals surface area contributed by atoms with E-state index in [1.165, 1.54) is 6.26 Å². The number of sulfone groups is 1. The molecule has 1 saturated heterocycles. The number of hydrogen-bond donors (Lipinski definition) is 1. The Bertz CT molecular complexity index is 343. The molecule has 0 saturated carbocycles. The van der Waals surface area contributed by atoms with E-state index in [4.69, 9.17) is 0 Å². The third kappa shape index (κ3) is 4.86. The normalized spacial score (nSPS) is 28.2. The van der Waals surface area contributed by atoms with Gasteiger partial charge in [-0.15, -0.1) is 0 Å². The van der Waals surface area contributed by atoms with Crippen molar-refractivity contribution in [3.63, 3.8) is 0 Å². The van der Waals surface area contributed by atoms with Gasteiger partial charge in [0.25, 0.3) is 0 Å². The molecule has 0 aliphatic carbocycles. The first kappa shape index (κ1) is 15.9. The summed E-state index contributed by atoms with van der Waals surface area (Å²) in [5, 5.41) is 3.57. The quantitative estimate of drug-likeness (QED) is 0.790. The molecule has 1 aliphatic rings. The monoisotopic (exact) mass is 276 g/mol. The van der Waals surface area contributed by atoms with Crippen molar-refractivity contribution in [2.75, 3.05) is 31.6 Å². The molecule has 3 unspecified atom stereocenters. The minimum absolute atomic E-state index is 0.274. The van der Waals surface area contributed by atoms with E-state index >= 15 is 0 Å². The maximum Gasteiger partial charge on any atom is 0.148 e. The predicted octanol–water partition coefficient (Wildman–Crippen LogP) is 1.13. The Hall–Kier alpha value is -0.130. The second kappa shape index (κ2) is 6.87. The Morgan fingerprint density at radius 2 is 2.06 bits per heavy atom. The third-order valence-electron chi connectivity index (χ3n) is 4.08. The van der Waals surface area contributed by atoms with Crippen molar-refractivity contribution in [2.45, 2.75) is 45.7 Å². The summed E-state index contributed by atoms with van der Waals surface area (Å²) < 4.78 is 22.7. The van der Waals surface area contributed by atoms with Crippen molar-refractivity contribution in [3.8, 4) is 0 Å². The fourth-order valence-electron chi connectivity index (χ4n) is 2.55. The van der Waals surface area contributed by atoms with Crippen LogP contribution in [0.5, 0.6) is 0 Å². The standard InChI is InChI=1S/C13H28N2O2S/c1-5-11(3)13-9-14-12(6-2)10-15(13)7-8-18(4,16)17/h11-14H,5-10H2,1-4H3. The van der Waals surface area contributed by atoms with E-state index in [9.17, 15) is 8.42 Å². The van der Waals surface area contributed by atoms with Crippen LogP contribution in [-0.4, -0.2) is 57.0 Å². The Morgan fingerprint density at radius 3 is 2.56 bits per heavy atom. The van der Waals surface area contributed by atoms with Gasteiger partial charge in [0.2, 0.25) is 0 Å². The van der Waals surface area contributed by atoms with E-state index in [1.807, 2.05) is 0 Å². The van der Waals surface area contributed by atoms with Gasteiger partial charge in [0.1, 0.15) is 9.84 Å². The molecule has 0 aromatic rings. The molecule has 1 N–H and O–H groups in total. The number of nitrogens with one attached hydrogen (secondary N) is 1. The van der Waals surface area contributed by atoms with Crippen LogP contribution in [0.15, 0.2) is 0 Å². The summed E-state index contributed by atoms with van der Waals surface area (Å²) in [6.07, 6.45) is 3.56. The first-order valence-electron chi connectivity index (χ1n) is 7.02. The van der Waals surface area contributed by atoms with Gasteiger partial charge in [0, 0.05) is 38.0 Å². The van der Waals surface area contributed by atoms with Gasteiger partial charge < -0.3 is 5.32 Å². The smallest absolute Gasteiger partial charge is 0.148 e. The molecular formula is C13H28N2O2S. The fourth-order valence-corrected chi connectivity index (χ4v) is 3.11. The zero-order chi connectivity index (χ0) is 13.8. The van der Waals surface area contributed by atoms with Crippen LogP contribution in [0.3, 0.4) is 0 Å². The Balaban J connectivity index is 2.65. The summed E-state index contributed by atoms with van der Waals surface area (Å²) in [5.41, 5.74) is 0. The van der Waals surface area contributed by atoms with Gasteiger partial charge in [-0.25, -0.2) is 8.42 Å².